The first-order valence-corrected chi connectivity index (χ1v) is 18.8. The number of amides is 1. The number of ether oxygens (including phenoxy) is 1. The smallest absolute Gasteiger partial charge is 0.319 e. The third-order valence-corrected chi connectivity index (χ3v) is 12.1. The average molecular weight is 757 g/mol. The van der Waals surface area contributed by atoms with Gasteiger partial charge in [0, 0.05) is 73.5 Å². The Hall–Kier alpha value is -4.79. The number of alkyl halides is 1. The van der Waals surface area contributed by atoms with Crippen molar-refractivity contribution >= 4 is 51.1 Å². The summed E-state index contributed by atoms with van der Waals surface area (Å²) in [4.78, 5) is 37.3. The maximum Gasteiger partial charge on any atom is 0.319 e. The molecule has 1 saturated carbocycles. The lowest BCUT2D eigenvalue weighted by molar-refractivity contribution is -0.125. The summed E-state index contributed by atoms with van der Waals surface area (Å²) in [6, 6.07) is 10.9. The molecular formula is C39H39ClF2N8O4. The van der Waals surface area contributed by atoms with Crippen LogP contribution in [0.4, 0.5) is 14.6 Å². The number of likely N-dealkylation sites (tertiary alicyclic amines) is 1. The number of hydrogen-bond donors (Lipinski definition) is 1. The van der Waals surface area contributed by atoms with E-state index < -0.39 is 23.1 Å². The van der Waals surface area contributed by atoms with Gasteiger partial charge in [0.15, 0.2) is 5.82 Å². The second-order valence-corrected chi connectivity index (χ2v) is 15.4. The lowest BCUT2D eigenvalue weighted by Gasteiger charge is -2.32. The van der Waals surface area contributed by atoms with Crippen molar-refractivity contribution in [3.63, 3.8) is 0 Å². The summed E-state index contributed by atoms with van der Waals surface area (Å²) in [5.74, 6) is -0.0983. The maximum absolute atomic E-state index is 16.9. The molecule has 2 aromatic carbocycles. The van der Waals surface area contributed by atoms with E-state index in [1.54, 1.807) is 23.2 Å². The number of aliphatic hydroxyl groups is 1. The highest BCUT2D eigenvalue weighted by atomic mass is 35.5. The van der Waals surface area contributed by atoms with E-state index in [1.165, 1.54) is 12.2 Å². The Morgan fingerprint density at radius 3 is 2.78 bits per heavy atom. The van der Waals surface area contributed by atoms with Gasteiger partial charge in [-0.15, -0.1) is 0 Å². The maximum atomic E-state index is 16.9. The van der Waals surface area contributed by atoms with Gasteiger partial charge in [0.1, 0.15) is 35.4 Å². The quantitative estimate of drug-likeness (QED) is 0.175. The molecule has 1 amide bonds. The van der Waals surface area contributed by atoms with Crippen molar-refractivity contribution in [2.75, 3.05) is 44.7 Å². The number of anilines is 1. The molecule has 4 aliphatic rings. The minimum absolute atomic E-state index is 0.0146. The van der Waals surface area contributed by atoms with E-state index >= 15 is 4.39 Å². The number of rotatable bonds is 9. The van der Waals surface area contributed by atoms with Crippen molar-refractivity contribution in [3.05, 3.63) is 71.2 Å². The van der Waals surface area contributed by atoms with Crippen LogP contribution in [-0.4, -0.2) is 103 Å². The van der Waals surface area contributed by atoms with Gasteiger partial charge in [-0.1, -0.05) is 47.1 Å². The Kier molecular flexibility index (Phi) is 8.74. The van der Waals surface area contributed by atoms with Crippen LogP contribution >= 0.6 is 11.6 Å². The minimum atomic E-state index is -1.06. The third kappa shape index (κ3) is 6.04. The Morgan fingerprint density at radius 2 is 1.96 bits per heavy atom. The van der Waals surface area contributed by atoms with E-state index in [-0.39, 0.29) is 47.5 Å². The topological polar surface area (TPSA) is 134 Å². The summed E-state index contributed by atoms with van der Waals surface area (Å²) in [5, 5.41) is 16.8. The standard InChI is InChI=1S/C39H39ClF2N8O4/c1-48(25-12-17-49(21-25)30(51)11-10-29-44-36(47-54-29)39(52)14-4-15-39)35-27-19-43-33(26-8-2-6-23-7-3-9-28(40)31(23)26)32(42)34(27)45-37(46-35)53-22-38-13-5-16-50(38)20-24(41)18-38/h2-3,6-11,19,24-25,52H,4-5,12-18,20-22H2,1H3/b11-10+/t24-,25?,38+/m1/s1. The molecule has 15 heteroatoms. The molecule has 3 aromatic heterocycles. The average Bonchev–Trinajstić information content (AvgIpc) is 3.97. The van der Waals surface area contributed by atoms with Gasteiger partial charge in [0.2, 0.25) is 11.7 Å². The number of likely N-dealkylation sites (N-methyl/N-ethyl adjacent to an activating group) is 1. The molecule has 12 nitrogen and oxygen atoms in total. The molecule has 5 aromatic rings. The molecular weight excluding hydrogens is 718 g/mol. The van der Waals surface area contributed by atoms with E-state index in [1.807, 2.05) is 36.2 Å². The number of carbonyl (C=O) groups is 1. The van der Waals surface area contributed by atoms with E-state index in [9.17, 15) is 14.3 Å². The monoisotopic (exact) mass is 756 g/mol. The van der Waals surface area contributed by atoms with Crippen LogP contribution < -0.4 is 9.64 Å². The van der Waals surface area contributed by atoms with Gasteiger partial charge in [-0.25, -0.2) is 8.78 Å². The van der Waals surface area contributed by atoms with Crippen LogP contribution in [0.2, 0.25) is 5.02 Å². The normalized spacial score (nSPS) is 23.8. The Labute approximate surface area is 314 Å². The van der Waals surface area contributed by atoms with E-state index in [0.717, 1.165) is 31.2 Å². The van der Waals surface area contributed by atoms with Crippen LogP contribution in [0, 0.1) is 5.82 Å². The van der Waals surface area contributed by atoms with Gasteiger partial charge in [0.05, 0.1) is 10.9 Å². The first kappa shape index (κ1) is 34.9. The lowest BCUT2D eigenvalue weighted by atomic mass is 9.80. The van der Waals surface area contributed by atoms with E-state index in [4.69, 9.17) is 25.8 Å². The van der Waals surface area contributed by atoms with Crippen LogP contribution in [0.5, 0.6) is 6.01 Å². The zero-order chi connectivity index (χ0) is 37.2. The highest BCUT2D eigenvalue weighted by Gasteiger charge is 2.49. The SMILES string of the molecule is CN(c1nc(OC[C@@]23CCCN2C[C@H](F)C3)nc2c(F)c(-c3cccc4cccc(Cl)c34)ncc12)C1CCN(C(=O)/C=C/c2nc(C3(O)CCC3)no2)C1. The fourth-order valence-corrected chi connectivity index (χ4v) is 8.87. The molecule has 3 aliphatic heterocycles. The summed E-state index contributed by atoms with van der Waals surface area (Å²) in [7, 11) is 1.85. The highest BCUT2D eigenvalue weighted by Crippen LogP contribution is 2.42. The van der Waals surface area contributed by atoms with Crippen molar-refractivity contribution in [1.82, 2.24) is 34.9 Å². The Balaban J connectivity index is 1.02. The van der Waals surface area contributed by atoms with Gasteiger partial charge in [-0.05, 0) is 56.5 Å². The molecule has 1 unspecified atom stereocenters. The molecule has 3 saturated heterocycles. The second kappa shape index (κ2) is 13.5. The molecule has 1 N–H and O–H groups in total. The number of fused-ring (bicyclic) bond motifs is 3. The summed E-state index contributed by atoms with van der Waals surface area (Å²) in [6.07, 6.45) is 8.26. The molecule has 0 radical (unpaired) electrons. The Morgan fingerprint density at radius 1 is 1.13 bits per heavy atom. The third-order valence-electron chi connectivity index (χ3n) is 11.7. The molecule has 9 rings (SSSR count). The molecule has 1 aliphatic carbocycles. The number of benzene rings is 2. The predicted octanol–water partition coefficient (Wildman–Crippen LogP) is 6.10. The van der Waals surface area contributed by atoms with Crippen molar-refractivity contribution in [1.29, 1.82) is 0 Å². The van der Waals surface area contributed by atoms with Gasteiger partial charge in [-0.2, -0.15) is 15.0 Å². The number of hydrogen-bond acceptors (Lipinski definition) is 11. The van der Waals surface area contributed by atoms with Crippen molar-refractivity contribution < 1.29 is 27.9 Å². The van der Waals surface area contributed by atoms with Crippen molar-refractivity contribution in [3.8, 4) is 17.3 Å². The number of carbonyl (C=O) groups excluding carboxylic acids is 1. The number of nitrogens with zero attached hydrogens (tertiary/aromatic N) is 8. The molecule has 0 spiro atoms. The molecule has 0 bridgehead atoms. The fraction of sp³-hybridized carbons (Fsp3) is 0.436. The molecule has 280 valence electrons. The zero-order valence-corrected chi connectivity index (χ0v) is 30.5. The highest BCUT2D eigenvalue weighted by molar-refractivity contribution is 6.36. The van der Waals surface area contributed by atoms with Crippen LogP contribution in [0.3, 0.4) is 0 Å². The first-order chi connectivity index (χ1) is 26.1. The molecule has 3 atom stereocenters. The number of aromatic nitrogens is 5. The lowest BCUT2D eigenvalue weighted by Crippen LogP contribution is -2.43. The summed E-state index contributed by atoms with van der Waals surface area (Å²) >= 11 is 6.63. The Bertz CT molecular complexity index is 2300. The molecule has 54 heavy (non-hydrogen) atoms. The van der Waals surface area contributed by atoms with Crippen LogP contribution in [0.1, 0.15) is 56.7 Å². The number of pyridine rings is 1. The van der Waals surface area contributed by atoms with Gasteiger partial charge in [0.25, 0.3) is 5.89 Å². The second-order valence-electron chi connectivity index (χ2n) is 15.0. The zero-order valence-electron chi connectivity index (χ0n) is 29.7. The first-order valence-electron chi connectivity index (χ1n) is 18.4. The fourth-order valence-electron chi connectivity index (χ4n) is 8.59. The van der Waals surface area contributed by atoms with E-state index in [2.05, 4.69) is 25.0 Å². The molecule has 6 heterocycles. The van der Waals surface area contributed by atoms with Crippen LogP contribution in [0.15, 0.2) is 53.2 Å². The van der Waals surface area contributed by atoms with Crippen molar-refractivity contribution in [2.45, 2.75) is 68.3 Å². The minimum Gasteiger partial charge on any atom is -0.461 e. The van der Waals surface area contributed by atoms with Gasteiger partial charge in [-0.3, -0.25) is 14.7 Å². The summed E-state index contributed by atoms with van der Waals surface area (Å²) in [6.45, 7) is 2.20. The number of halogens is 3. The summed E-state index contributed by atoms with van der Waals surface area (Å²) < 4.78 is 43.0. The molecule has 4 fully saturated rings. The van der Waals surface area contributed by atoms with Gasteiger partial charge < -0.3 is 24.2 Å². The summed E-state index contributed by atoms with van der Waals surface area (Å²) in [5.41, 5.74) is -0.856. The predicted molar refractivity (Wildman–Crippen MR) is 198 cm³/mol. The van der Waals surface area contributed by atoms with E-state index in [0.29, 0.717) is 72.5 Å². The van der Waals surface area contributed by atoms with Crippen LogP contribution in [0.25, 0.3) is 39.0 Å². The van der Waals surface area contributed by atoms with Gasteiger partial charge >= 0.3 is 6.01 Å². The van der Waals surface area contributed by atoms with Crippen molar-refractivity contribution in [2.24, 2.45) is 0 Å². The largest absolute Gasteiger partial charge is 0.461 e. The van der Waals surface area contributed by atoms with Crippen LogP contribution in [-0.2, 0) is 10.4 Å².